The fourth-order valence-electron chi connectivity index (χ4n) is 1.43. The SMILES string of the molecule is CCOC(=O)c1sc(NC(=O)OC(C)(C)C)nc1C#C[Si](C)(C)C. The van der Waals surface area contributed by atoms with Gasteiger partial charge in [-0.1, -0.05) is 36.9 Å². The lowest BCUT2D eigenvalue weighted by Gasteiger charge is -2.18. The van der Waals surface area contributed by atoms with Gasteiger partial charge >= 0.3 is 12.1 Å². The van der Waals surface area contributed by atoms with Gasteiger partial charge in [0, 0.05) is 0 Å². The Hall–Kier alpha value is -1.85. The molecule has 0 spiro atoms. The summed E-state index contributed by atoms with van der Waals surface area (Å²) in [5, 5.41) is 2.79. The molecule has 1 aromatic rings. The van der Waals surface area contributed by atoms with E-state index in [1.54, 1.807) is 27.7 Å². The number of hydrogen-bond acceptors (Lipinski definition) is 6. The first-order valence-corrected chi connectivity index (χ1v) is 11.9. The van der Waals surface area contributed by atoms with Crippen molar-refractivity contribution in [1.29, 1.82) is 0 Å². The van der Waals surface area contributed by atoms with Gasteiger partial charge in [0.25, 0.3) is 0 Å². The number of esters is 1. The maximum Gasteiger partial charge on any atom is 0.413 e. The van der Waals surface area contributed by atoms with Crippen LogP contribution in [0.5, 0.6) is 0 Å². The van der Waals surface area contributed by atoms with E-state index in [-0.39, 0.29) is 16.6 Å². The molecule has 1 heterocycles. The van der Waals surface area contributed by atoms with Crippen molar-refractivity contribution in [2.45, 2.75) is 52.9 Å². The Morgan fingerprint density at radius 2 is 1.92 bits per heavy atom. The Morgan fingerprint density at radius 3 is 2.42 bits per heavy atom. The van der Waals surface area contributed by atoms with Crippen LogP contribution < -0.4 is 5.32 Å². The minimum atomic E-state index is -1.63. The zero-order chi connectivity index (χ0) is 18.5. The lowest BCUT2D eigenvalue weighted by molar-refractivity contribution is 0.0530. The number of rotatable bonds is 3. The second-order valence-corrected chi connectivity index (χ2v) is 12.8. The van der Waals surface area contributed by atoms with Gasteiger partial charge < -0.3 is 9.47 Å². The third-order valence-corrected chi connectivity index (χ3v) is 4.08. The number of amides is 1. The molecule has 0 fully saturated rings. The van der Waals surface area contributed by atoms with Gasteiger partial charge in [-0.05, 0) is 27.7 Å². The van der Waals surface area contributed by atoms with E-state index in [1.165, 1.54) is 0 Å². The molecule has 0 bridgehead atoms. The molecule has 1 rings (SSSR count). The molecule has 0 unspecified atom stereocenters. The second kappa shape index (κ2) is 7.81. The van der Waals surface area contributed by atoms with Gasteiger partial charge in [0.05, 0.1) is 6.61 Å². The van der Waals surface area contributed by atoms with Crippen molar-refractivity contribution >= 4 is 36.6 Å². The highest BCUT2D eigenvalue weighted by Gasteiger charge is 2.22. The van der Waals surface area contributed by atoms with Crippen molar-refractivity contribution in [3.63, 3.8) is 0 Å². The van der Waals surface area contributed by atoms with Crippen LogP contribution in [0.1, 0.15) is 43.1 Å². The van der Waals surface area contributed by atoms with E-state index >= 15 is 0 Å². The van der Waals surface area contributed by atoms with E-state index in [1.807, 2.05) is 0 Å². The number of hydrogen-bond donors (Lipinski definition) is 1. The number of anilines is 1. The van der Waals surface area contributed by atoms with Crippen molar-refractivity contribution in [3.05, 3.63) is 10.6 Å². The predicted molar refractivity (Wildman–Crippen MR) is 98.2 cm³/mol. The lowest BCUT2D eigenvalue weighted by Crippen LogP contribution is -2.27. The third kappa shape index (κ3) is 7.15. The fourth-order valence-corrected chi connectivity index (χ4v) is 2.72. The van der Waals surface area contributed by atoms with Gasteiger partial charge in [0.1, 0.15) is 24.2 Å². The molecule has 0 aromatic carbocycles. The van der Waals surface area contributed by atoms with Crippen LogP contribution in [0.15, 0.2) is 0 Å². The molecular weight excluding hydrogens is 344 g/mol. The zero-order valence-electron chi connectivity index (χ0n) is 15.2. The maximum absolute atomic E-state index is 12.1. The van der Waals surface area contributed by atoms with Crippen molar-refractivity contribution < 1.29 is 19.1 Å². The van der Waals surface area contributed by atoms with Gasteiger partial charge in [-0.3, -0.25) is 5.32 Å². The molecule has 0 aliphatic rings. The first-order valence-electron chi connectivity index (χ1n) is 7.62. The van der Waals surface area contributed by atoms with Gasteiger partial charge in [-0.15, -0.1) is 5.54 Å². The summed E-state index contributed by atoms with van der Waals surface area (Å²) in [5.74, 6) is 2.46. The van der Waals surface area contributed by atoms with Crippen LogP contribution in [0.2, 0.25) is 19.6 Å². The number of carbonyl (C=O) groups excluding carboxylic acids is 2. The van der Waals surface area contributed by atoms with E-state index in [9.17, 15) is 9.59 Å². The molecular formula is C16H24N2O4SSi. The minimum Gasteiger partial charge on any atom is -0.462 e. The Kier molecular flexibility index (Phi) is 6.57. The topological polar surface area (TPSA) is 77.5 Å². The normalized spacial score (nSPS) is 11.3. The molecule has 1 aromatic heterocycles. The van der Waals surface area contributed by atoms with Gasteiger partial charge in [-0.25, -0.2) is 14.6 Å². The van der Waals surface area contributed by atoms with E-state index in [0.29, 0.717) is 5.69 Å². The van der Waals surface area contributed by atoms with Crippen LogP contribution >= 0.6 is 11.3 Å². The van der Waals surface area contributed by atoms with Crippen molar-refractivity contribution in [2.24, 2.45) is 0 Å². The van der Waals surface area contributed by atoms with Crippen LogP contribution in [0, 0.1) is 11.5 Å². The summed E-state index contributed by atoms with van der Waals surface area (Å²) in [6.45, 7) is 13.6. The molecule has 0 saturated heterocycles. The van der Waals surface area contributed by atoms with E-state index in [4.69, 9.17) is 9.47 Å². The highest BCUT2D eigenvalue weighted by atomic mass is 32.1. The number of nitrogens with one attached hydrogen (secondary N) is 1. The number of aromatic nitrogens is 1. The second-order valence-electron chi connectivity index (χ2n) is 7.04. The van der Waals surface area contributed by atoms with Crippen LogP contribution in [0.3, 0.4) is 0 Å². The number of ether oxygens (including phenoxy) is 2. The Labute approximate surface area is 148 Å². The van der Waals surface area contributed by atoms with Crippen molar-refractivity contribution in [1.82, 2.24) is 4.98 Å². The molecule has 6 nitrogen and oxygen atoms in total. The third-order valence-electron chi connectivity index (χ3n) is 2.25. The van der Waals surface area contributed by atoms with Crippen molar-refractivity contribution in [3.8, 4) is 11.5 Å². The van der Waals surface area contributed by atoms with Crippen molar-refractivity contribution in [2.75, 3.05) is 11.9 Å². The Morgan fingerprint density at radius 1 is 1.29 bits per heavy atom. The average Bonchev–Trinajstić information content (AvgIpc) is 2.76. The highest BCUT2D eigenvalue weighted by Crippen LogP contribution is 2.24. The molecule has 0 aliphatic carbocycles. The first kappa shape index (κ1) is 20.2. The number of thiazole rings is 1. The van der Waals surface area contributed by atoms with Crippen LogP contribution in [0.4, 0.5) is 9.93 Å². The smallest absolute Gasteiger partial charge is 0.413 e. The average molecular weight is 369 g/mol. The summed E-state index contributed by atoms with van der Waals surface area (Å²) in [5.41, 5.74) is 2.87. The Balaban J connectivity index is 3.09. The van der Waals surface area contributed by atoms with Gasteiger partial charge in [-0.2, -0.15) is 0 Å². The zero-order valence-corrected chi connectivity index (χ0v) is 17.0. The number of nitrogens with zero attached hydrogens (tertiary/aromatic N) is 1. The molecule has 24 heavy (non-hydrogen) atoms. The van der Waals surface area contributed by atoms with Crippen LogP contribution in [0.25, 0.3) is 0 Å². The summed E-state index contributed by atoms with van der Waals surface area (Å²) >= 11 is 1.03. The summed E-state index contributed by atoms with van der Waals surface area (Å²) in [4.78, 5) is 28.4. The summed E-state index contributed by atoms with van der Waals surface area (Å²) in [7, 11) is -1.63. The maximum atomic E-state index is 12.1. The van der Waals surface area contributed by atoms with E-state index in [0.717, 1.165) is 11.3 Å². The van der Waals surface area contributed by atoms with Gasteiger partial charge in [0.15, 0.2) is 5.13 Å². The van der Waals surface area contributed by atoms with Crippen LogP contribution in [-0.4, -0.2) is 37.3 Å². The van der Waals surface area contributed by atoms with Gasteiger partial charge in [0.2, 0.25) is 0 Å². The largest absolute Gasteiger partial charge is 0.462 e. The first-order chi connectivity index (χ1) is 10.9. The summed E-state index contributed by atoms with van der Waals surface area (Å²) in [6.07, 6.45) is -0.628. The predicted octanol–water partition coefficient (Wildman–Crippen LogP) is 3.90. The molecule has 8 heteroatoms. The number of carbonyl (C=O) groups is 2. The monoisotopic (exact) mass is 368 g/mol. The molecule has 0 saturated carbocycles. The van der Waals surface area contributed by atoms with Crippen LogP contribution in [-0.2, 0) is 9.47 Å². The quantitative estimate of drug-likeness (QED) is 0.497. The minimum absolute atomic E-state index is 0.256. The summed E-state index contributed by atoms with van der Waals surface area (Å²) in [6, 6.07) is 0. The molecule has 1 amide bonds. The highest BCUT2D eigenvalue weighted by molar-refractivity contribution is 7.17. The fraction of sp³-hybridized carbons (Fsp3) is 0.562. The standard InChI is InChI=1S/C16H24N2O4SSi/c1-8-21-13(19)12-11(9-10-24(5,6)7)17-14(23-12)18-15(20)22-16(2,3)4/h8H2,1-7H3,(H,17,18,20). The molecule has 1 N–H and O–H groups in total. The molecule has 0 aliphatic heterocycles. The van der Waals surface area contributed by atoms with E-state index in [2.05, 4.69) is 41.4 Å². The van der Waals surface area contributed by atoms with E-state index < -0.39 is 25.7 Å². The molecule has 132 valence electrons. The summed E-state index contributed by atoms with van der Waals surface area (Å²) < 4.78 is 10.2. The lowest BCUT2D eigenvalue weighted by atomic mass is 10.2. The molecule has 0 radical (unpaired) electrons. The Bertz CT molecular complexity index is 675. The molecule has 0 atom stereocenters.